The van der Waals surface area contributed by atoms with Gasteiger partial charge in [-0.2, -0.15) is 0 Å². The number of primary amides is 1. The van der Waals surface area contributed by atoms with Gasteiger partial charge in [0.25, 0.3) is 5.91 Å². The highest BCUT2D eigenvalue weighted by Crippen LogP contribution is 2.42. The van der Waals surface area contributed by atoms with Crippen LogP contribution in [0.4, 0.5) is 11.4 Å². The maximum absolute atomic E-state index is 12.6. The van der Waals surface area contributed by atoms with E-state index in [4.69, 9.17) is 15.2 Å². The summed E-state index contributed by atoms with van der Waals surface area (Å²) in [5.74, 6) is 0.413. The van der Waals surface area contributed by atoms with Crippen LogP contribution in [-0.4, -0.2) is 26.0 Å². The molecule has 2 aromatic rings. The molecule has 1 aliphatic heterocycles. The highest BCUT2D eigenvalue weighted by Gasteiger charge is 2.29. The van der Waals surface area contributed by atoms with Crippen LogP contribution in [0.15, 0.2) is 42.1 Å². The number of ether oxygens (including phenoxy) is 2. The van der Waals surface area contributed by atoms with E-state index in [1.54, 1.807) is 50.6 Å². The predicted octanol–water partition coefficient (Wildman–Crippen LogP) is 2.99. The summed E-state index contributed by atoms with van der Waals surface area (Å²) in [5, 5.41) is 6.13. The molecule has 4 N–H and O–H groups in total. The number of methoxy groups -OCH3 is 2. The van der Waals surface area contributed by atoms with Crippen LogP contribution in [0.5, 0.6) is 11.5 Å². The van der Waals surface area contributed by atoms with E-state index in [-0.39, 0.29) is 5.91 Å². The smallest absolute Gasteiger partial charge is 0.258 e. The number of benzene rings is 2. The van der Waals surface area contributed by atoms with Crippen molar-refractivity contribution in [2.75, 3.05) is 24.9 Å². The van der Waals surface area contributed by atoms with Crippen LogP contribution >= 0.6 is 0 Å². The van der Waals surface area contributed by atoms with Gasteiger partial charge in [-0.3, -0.25) is 9.59 Å². The number of allylic oxidation sites excluding steroid dienone is 1. The normalized spacial score (nSPS) is 14.3. The summed E-state index contributed by atoms with van der Waals surface area (Å²) in [4.78, 5) is 23.8. The number of hydrogen-bond acceptors (Lipinski definition) is 5. The van der Waals surface area contributed by atoms with Gasteiger partial charge in [0.15, 0.2) is 11.5 Å². The molecule has 0 radical (unpaired) electrons. The van der Waals surface area contributed by atoms with Gasteiger partial charge in [-0.15, -0.1) is 0 Å². The second-order valence-corrected chi connectivity index (χ2v) is 5.98. The lowest BCUT2D eigenvalue weighted by Gasteiger charge is -2.14. The molecule has 27 heavy (non-hydrogen) atoms. The Labute approximate surface area is 157 Å². The molecule has 0 bridgehead atoms. The SMILES string of the molecule is CCC(Nc1ccc(C(N)=O)cc1)=C1C(=O)Nc2cc(OC)c(OC)cc21. The van der Waals surface area contributed by atoms with Crippen molar-refractivity contribution in [2.24, 2.45) is 5.73 Å². The highest BCUT2D eigenvalue weighted by atomic mass is 16.5. The third kappa shape index (κ3) is 3.44. The van der Waals surface area contributed by atoms with E-state index in [9.17, 15) is 9.59 Å². The van der Waals surface area contributed by atoms with Crippen molar-refractivity contribution in [1.82, 2.24) is 0 Å². The summed E-state index contributed by atoms with van der Waals surface area (Å²) < 4.78 is 10.7. The molecule has 0 saturated carbocycles. The lowest BCUT2D eigenvalue weighted by atomic mass is 10.0. The maximum atomic E-state index is 12.6. The molecule has 1 aliphatic rings. The Hall–Kier alpha value is -3.48. The molecule has 0 aliphatic carbocycles. The highest BCUT2D eigenvalue weighted by molar-refractivity contribution is 6.32. The maximum Gasteiger partial charge on any atom is 0.258 e. The molecule has 1 heterocycles. The second kappa shape index (κ2) is 7.41. The number of carbonyl (C=O) groups excluding carboxylic acids is 2. The van der Waals surface area contributed by atoms with Gasteiger partial charge in [0, 0.05) is 28.6 Å². The number of carbonyl (C=O) groups is 2. The molecular formula is C20H21N3O4. The monoisotopic (exact) mass is 367 g/mol. The zero-order valence-electron chi connectivity index (χ0n) is 15.4. The standard InChI is InChI=1S/C20H21N3O4/c1-4-14(22-12-7-5-11(6-8-12)19(21)24)18-13-9-16(26-2)17(27-3)10-15(13)23-20(18)25/h5-10,22H,4H2,1-3H3,(H2,21,24)(H,23,25). The van der Waals surface area contributed by atoms with Crippen LogP contribution in [0.1, 0.15) is 29.3 Å². The zero-order chi connectivity index (χ0) is 19.6. The van der Waals surface area contributed by atoms with Gasteiger partial charge in [-0.1, -0.05) is 6.92 Å². The van der Waals surface area contributed by atoms with Crippen molar-refractivity contribution in [2.45, 2.75) is 13.3 Å². The van der Waals surface area contributed by atoms with Crippen molar-refractivity contribution in [3.63, 3.8) is 0 Å². The first-order valence-electron chi connectivity index (χ1n) is 8.46. The topological polar surface area (TPSA) is 103 Å². The largest absolute Gasteiger partial charge is 0.493 e. The van der Waals surface area contributed by atoms with E-state index in [1.807, 2.05) is 6.92 Å². The fourth-order valence-corrected chi connectivity index (χ4v) is 3.02. The van der Waals surface area contributed by atoms with E-state index in [1.165, 1.54) is 0 Å². The van der Waals surface area contributed by atoms with Crippen LogP contribution in [0.2, 0.25) is 0 Å². The lowest BCUT2D eigenvalue weighted by Crippen LogP contribution is -2.12. The van der Waals surface area contributed by atoms with E-state index in [0.717, 1.165) is 16.9 Å². The molecule has 0 fully saturated rings. The van der Waals surface area contributed by atoms with Gasteiger partial charge in [0.05, 0.1) is 25.5 Å². The fraction of sp³-hybridized carbons (Fsp3) is 0.200. The number of nitrogens with two attached hydrogens (primary N) is 1. The van der Waals surface area contributed by atoms with Gasteiger partial charge < -0.3 is 25.8 Å². The van der Waals surface area contributed by atoms with Gasteiger partial charge in [0.1, 0.15) is 0 Å². The molecule has 0 spiro atoms. The molecule has 0 atom stereocenters. The van der Waals surface area contributed by atoms with E-state index < -0.39 is 5.91 Å². The number of hydrogen-bond donors (Lipinski definition) is 3. The molecule has 0 unspecified atom stereocenters. The summed E-state index contributed by atoms with van der Waals surface area (Å²) in [6.45, 7) is 1.96. The summed E-state index contributed by atoms with van der Waals surface area (Å²) in [6, 6.07) is 10.3. The van der Waals surface area contributed by atoms with Gasteiger partial charge in [-0.25, -0.2) is 0 Å². The first kappa shape index (κ1) is 18.3. The Bertz CT molecular complexity index is 933. The lowest BCUT2D eigenvalue weighted by molar-refractivity contribution is -0.110. The summed E-state index contributed by atoms with van der Waals surface area (Å²) >= 11 is 0. The van der Waals surface area contributed by atoms with E-state index in [2.05, 4.69) is 10.6 Å². The molecule has 7 heteroatoms. The first-order chi connectivity index (χ1) is 13.0. The third-order valence-electron chi connectivity index (χ3n) is 4.39. The first-order valence-corrected chi connectivity index (χ1v) is 8.46. The van der Waals surface area contributed by atoms with Gasteiger partial charge in [-0.05, 0) is 36.8 Å². The molecule has 7 nitrogen and oxygen atoms in total. The van der Waals surface area contributed by atoms with Gasteiger partial charge >= 0.3 is 0 Å². The van der Waals surface area contributed by atoms with Gasteiger partial charge in [0.2, 0.25) is 5.91 Å². The minimum atomic E-state index is -0.485. The molecule has 2 aromatic carbocycles. The summed E-state index contributed by atoms with van der Waals surface area (Å²) in [7, 11) is 3.10. The van der Waals surface area contributed by atoms with Crippen molar-refractivity contribution in [1.29, 1.82) is 0 Å². The average Bonchev–Trinajstić information content (AvgIpc) is 2.99. The second-order valence-electron chi connectivity index (χ2n) is 5.98. The average molecular weight is 367 g/mol. The Morgan fingerprint density at radius 3 is 2.30 bits per heavy atom. The minimum absolute atomic E-state index is 0.196. The number of amides is 2. The van der Waals surface area contributed by atoms with Crippen LogP contribution < -0.4 is 25.8 Å². The summed E-state index contributed by atoms with van der Waals surface area (Å²) in [6.07, 6.45) is 0.605. The fourth-order valence-electron chi connectivity index (χ4n) is 3.02. The Balaban J connectivity index is 2.02. The number of rotatable bonds is 6. The molecule has 0 saturated heterocycles. The molecule has 2 amide bonds. The minimum Gasteiger partial charge on any atom is -0.493 e. The Kier molecular flexibility index (Phi) is 5.03. The molecule has 3 rings (SSSR count). The molecular weight excluding hydrogens is 346 g/mol. The number of anilines is 2. The molecule has 140 valence electrons. The predicted molar refractivity (Wildman–Crippen MR) is 104 cm³/mol. The molecule has 0 aromatic heterocycles. The van der Waals surface area contributed by atoms with Crippen molar-refractivity contribution in [3.05, 3.63) is 53.2 Å². The van der Waals surface area contributed by atoms with Crippen molar-refractivity contribution < 1.29 is 19.1 Å². The number of fused-ring (bicyclic) bond motifs is 1. The van der Waals surface area contributed by atoms with Crippen LogP contribution in [-0.2, 0) is 4.79 Å². The van der Waals surface area contributed by atoms with Crippen LogP contribution in [0.3, 0.4) is 0 Å². The van der Waals surface area contributed by atoms with Crippen LogP contribution in [0, 0.1) is 0 Å². The quantitative estimate of drug-likeness (QED) is 0.681. The number of nitrogens with one attached hydrogen (secondary N) is 2. The van der Waals surface area contributed by atoms with E-state index in [0.29, 0.717) is 34.7 Å². The van der Waals surface area contributed by atoms with E-state index >= 15 is 0 Å². The third-order valence-corrected chi connectivity index (χ3v) is 4.39. The zero-order valence-corrected chi connectivity index (χ0v) is 15.4. The Morgan fingerprint density at radius 1 is 1.11 bits per heavy atom. The summed E-state index contributed by atoms with van der Waals surface area (Å²) in [5.41, 5.74) is 9.17. The van der Waals surface area contributed by atoms with Crippen molar-refractivity contribution in [3.8, 4) is 11.5 Å². The van der Waals surface area contributed by atoms with Crippen LogP contribution in [0.25, 0.3) is 5.57 Å². The Morgan fingerprint density at radius 2 is 1.74 bits per heavy atom. The van der Waals surface area contributed by atoms with Crippen molar-refractivity contribution >= 4 is 28.8 Å².